The fourth-order valence-corrected chi connectivity index (χ4v) is 2.92. The van der Waals surface area contributed by atoms with Crippen molar-refractivity contribution in [2.45, 2.75) is 13.5 Å². The number of rotatable bonds is 6. The van der Waals surface area contributed by atoms with Crippen LogP contribution in [0.3, 0.4) is 0 Å². The Bertz CT molecular complexity index is 1040. The van der Waals surface area contributed by atoms with Gasteiger partial charge in [0.2, 0.25) is 0 Å². The summed E-state index contributed by atoms with van der Waals surface area (Å²) in [6, 6.07) is 24.3. The van der Waals surface area contributed by atoms with Gasteiger partial charge in [-0.3, -0.25) is 4.40 Å². The van der Waals surface area contributed by atoms with Crippen molar-refractivity contribution in [2.24, 2.45) is 10.2 Å². The Morgan fingerprint density at radius 3 is 2.41 bits per heavy atom. The molecule has 0 atom stereocenters. The fourth-order valence-electron chi connectivity index (χ4n) is 2.92. The normalized spacial score (nSPS) is 11.3. The SMILES string of the molecule is CCN(Cc1ccccc1)c1ccc(N=Nc2nnc3ccccn23)cc1. The topological polar surface area (TPSA) is 58.2 Å². The van der Waals surface area contributed by atoms with Gasteiger partial charge in [0.25, 0.3) is 5.95 Å². The van der Waals surface area contributed by atoms with Crippen LogP contribution in [0.5, 0.6) is 0 Å². The standard InChI is InChI=1S/C21H20N6/c1-2-26(16-17-8-4-3-5-9-17)19-13-11-18(12-14-19)22-24-21-25-23-20-10-6-7-15-27(20)21/h3-15H,2,16H2,1H3. The average molecular weight is 356 g/mol. The second kappa shape index (κ2) is 7.78. The average Bonchev–Trinajstić information content (AvgIpc) is 3.15. The summed E-state index contributed by atoms with van der Waals surface area (Å²) in [5, 5.41) is 16.7. The third-order valence-electron chi connectivity index (χ3n) is 4.36. The lowest BCUT2D eigenvalue weighted by atomic mass is 10.2. The zero-order valence-corrected chi connectivity index (χ0v) is 15.1. The molecule has 6 nitrogen and oxygen atoms in total. The third kappa shape index (κ3) is 3.84. The molecule has 0 radical (unpaired) electrons. The first-order valence-electron chi connectivity index (χ1n) is 8.94. The summed E-state index contributed by atoms with van der Waals surface area (Å²) < 4.78 is 1.80. The van der Waals surface area contributed by atoms with Gasteiger partial charge in [-0.25, -0.2) is 0 Å². The molecule has 0 N–H and O–H groups in total. The lowest BCUT2D eigenvalue weighted by molar-refractivity contribution is 0.832. The number of hydrogen-bond acceptors (Lipinski definition) is 5. The largest absolute Gasteiger partial charge is 0.367 e. The highest BCUT2D eigenvalue weighted by Gasteiger charge is 2.06. The molecule has 0 amide bonds. The van der Waals surface area contributed by atoms with Crippen molar-refractivity contribution in [3.05, 3.63) is 84.6 Å². The second-order valence-electron chi connectivity index (χ2n) is 6.15. The molecule has 2 aromatic heterocycles. The smallest absolute Gasteiger partial charge is 0.274 e. The van der Waals surface area contributed by atoms with E-state index in [0.29, 0.717) is 5.95 Å². The van der Waals surface area contributed by atoms with Crippen molar-refractivity contribution in [3.63, 3.8) is 0 Å². The van der Waals surface area contributed by atoms with Crippen LogP contribution in [0.2, 0.25) is 0 Å². The maximum atomic E-state index is 4.29. The van der Waals surface area contributed by atoms with E-state index in [2.05, 4.69) is 68.6 Å². The van der Waals surface area contributed by atoms with Gasteiger partial charge in [-0.1, -0.05) is 36.4 Å². The molecular weight excluding hydrogens is 336 g/mol. The molecule has 4 aromatic rings. The number of azo groups is 1. The molecular formula is C21H20N6. The first kappa shape index (κ1) is 16.9. The Labute approximate surface area is 157 Å². The van der Waals surface area contributed by atoms with E-state index in [-0.39, 0.29) is 0 Å². The van der Waals surface area contributed by atoms with Crippen molar-refractivity contribution in [3.8, 4) is 0 Å². The summed E-state index contributed by atoms with van der Waals surface area (Å²) in [5.41, 5.74) is 3.98. The molecule has 2 heterocycles. The molecule has 0 aliphatic carbocycles. The van der Waals surface area contributed by atoms with Crippen LogP contribution in [0.25, 0.3) is 5.65 Å². The van der Waals surface area contributed by atoms with Gasteiger partial charge in [-0.05, 0) is 48.9 Å². The minimum absolute atomic E-state index is 0.467. The quantitative estimate of drug-likeness (QED) is 0.448. The van der Waals surface area contributed by atoms with Gasteiger partial charge in [0.1, 0.15) is 0 Å². The van der Waals surface area contributed by atoms with Gasteiger partial charge >= 0.3 is 0 Å². The van der Waals surface area contributed by atoms with E-state index in [9.17, 15) is 0 Å². The van der Waals surface area contributed by atoms with Crippen LogP contribution < -0.4 is 4.90 Å². The molecule has 0 spiro atoms. The molecule has 0 aliphatic rings. The predicted octanol–water partition coefficient (Wildman–Crippen LogP) is 5.17. The van der Waals surface area contributed by atoms with Crippen molar-refractivity contribution >= 4 is 23.0 Å². The Hall–Kier alpha value is -3.54. The van der Waals surface area contributed by atoms with E-state index < -0.39 is 0 Å². The van der Waals surface area contributed by atoms with Crippen molar-refractivity contribution in [1.82, 2.24) is 14.6 Å². The third-order valence-corrected chi connectivity index (χ3v) is 4.36. The summed E-state index contributed by atoms with van der Waals surface area (Å²) in [5.74, 6) is 0.467. The van der Waals surface area contributed by atoms with Gasteiger partial charge in [0.05, 0.1) is 5.69 Å². The number of anilines is 1. The summed E-state index contributed by atoms with van der Waals surface area (Å²) in [7, 11) is 0. The van der Waals surface area contributed by atoms with Gasteiger partial charge in [0.15, 0.2) is 5.65 Å². The van der Waals surface area contributed by atoms with Gasteiger partial charge in [-0.2, -0.15) is 0 Å². The van der Waals surface area contributed by atoms with Crippen LogP contribution in [-0.2, 0) is 6.54 Å². The highest BCUT2D eigenvalue weighted by atomic mass is 15.3. The van der Waals surface area contributed by atoms with Crippen LogP contribution in [0.4, 0.5) is 17.3 Å². The summed E-state index contributed by atoms with van der Waals surface area (Å²) in [6.07, 6.45) is 1.87. The number of aromatic nitrogens is 3. The van der Waals surface area contributed by atoms with Gasteiger partial charge < -0.3 is 4.90 Å². The fraction of sp³-hybridized carbons (Fsp3) is 0.143. The molecule has 0 aliphatic heterocycles. The van der Waals surface area contributed by atoms with Gasteiger partial charge in [0, 0.05) is 25.0 Å². The maximum Gasteiger partial charge on any atom is 0.274 e. The molecule has 134 valence electrons. The Morgan fingerprint density at radius 1 is 0.852 bits per heavy atom. The molecule has 6 heteroatoms. The summed E-state index contributed by atoms with van der Waals surface area (Å²) in [6.45, 7) is 3.97. The number of nitrogens with zero attached hydrogens (tertiary/aromatic N) is 6. The van der Waals surface area contributed by atoms with E-state index in [1.54, 1.807) is 4.40 Å². The monoisotopic (exact) mass is 356 g/mol. The molecule has 0 bridgehead atoms. The van der Waals surface area contributed by atoms with Crippen molar-refractivity contribution in [2.75, 3.05) is 11.4 Å². The highest BCUT2D eigenvalue weighted by Crippen LogP contribution is 2.23. The molecule has 0 unspecified atom stereocenters. The molecule has 4 rings (SSSR count). The minimum atomic E-state index is 0.467. The van der Waals surface area contributed by atoms with E-state index in [4.69, 9.17) is 0 Å². The molecule has 0 fully saturated rings. The Morgan fingerprint density at radius 2 is 1.63 bits per heavy atom. The number of hydrogen-bond donors (Lipinski definition) is 0. The molecule has 0 saturated heterocycles. The van der Waals surface area contributed by atoms with Crippen molar-refractivity contribution in [1.29, 1.82) is 0 Å². The molecule has 0 saturated carbocycles. The lowest BCUT2D eigenvalue weighted by Gasteiger charge is -2.23. The van der Waals surface area contributed by atoms with E-state index in [1.807, 2.05) is 42.6 Å². The highest BCUT2D eigenvalue weighted by molar-refractivity contribution is 5.53. The first-order chi connectivity index (χ1) is 13.3. The van der Waals surface area contributed by atoms with E-state index in [1.165, 1.54) is 5.56 Å². The minimum Gasteiger partial charge on any atom is -0.367 e. The van der Waals surface area contributed by atoms with Crippen LogP contribution in [-0.4, -0.2) is 21.1 Å². The zero-order chi connectivity index (χ0) is 18.5. The van der Waals surface area contributed by atoms with Crippen molar-refractivity contribution < 1.29 is 0 Å². The second-order valence-corrected chi connectivity index (χ2v) is 6.15. The number of fused-ring (bicyclic) bond motifs is 1. The van der Waals surface area contributed by atoms with Crippen LogP contribution in [0.1, 0.15) is 12.5 Å². The number of pyridine rings is 1. The predicted molar refractivity (Wildman–Crippen MR) is 107 cm³/mol. The molecule has 2 aromatic carbocycles. The Kier molecular flexibility index (Phi) is 4.87. The summed E-state index contributed by atoms with van der Waals surface area (Å²) in [4.78, 5) is 2.32. The Balaban J connectivity index is 1.49. The molecule has 27 heavy (non-hydrogen) atoms. The zero-order valence-electron chi connectivity index (χ0n) is 15.1. The lowest BCUT2D eigenvalue weighted by Crippen LogP contribution is -2.21. The first-order valence-corrected chi connectivity index (χ1v) is 8.94. The van der Waals surface area contributed by atoms with Crippen LogP contribution in [0.15, 0.2) is 89.2 Å². The summed E-state index contributed by atoms with van der Waals surface area (Å²) >= 11 is 0. The number of benzene rings is 2. The van der Waals surface area contributed by atoms with Crippen LogP contribution >= 0.6 is 0 Å². The van der Waals surface area contributed by atoms with Gasteiger partial charge in [-0.15, -0.1) is 20.4 Å². The van der Waals surface area contributed by atoms with E-state index >= 15 is 0 Å². The van der Waals surface area contributed by atoms with E-state index in [0.717, 1.165) is 30.1 Å². The maximum absolute atomic E-state index is 4.29. The van der Waals surface area contributed by atoms with Crippen LogP contribution in [0, 0.1) is 0 Å².